The maximum atomic E-state index is 8.64. The average Bonchev–Trinajstić information content (AvgIpc) is 2.56. The number of aromatic nitrogens is 2. The van der Waals surface area contributed by atoms with Crippen LogP contribution < -0.4 is 5.32 Å². The number of rotatable bonds is 3. The number of hydrogen-bond donors (Lipinski definition) is 3. The van der Waals surface area contributed by atoms with E-state index in [-0.39, 0.29) is 6.61 Å². The van der Waals surface area contributed by atoms with Crippen molar-refractivity contribution in [3.8, 4) is 0 Å². The summed E-state index contributed by atoms with van der Waals surface area (Å²) < 4.78 is 0. The van der Waals surface area contributed by atoms with E-state index < -0.39 is 0 Å². The van der Waals surface area contributed by atoms with Crippen LogP contribution in [0.25, 0.3) is 11.0 Å². The number of H-pyrrole nitrogens is 1. The Balaban J connectivity index is 2.32. The Morgan fingerprint density at radius 3 is 3.14 bits per heavy atom. The number of fused-ring (bicyclic) bond motifs is 1. The third-order valence-electron chi connectivity index (χ3n) is 2.04. The van der Waals surface area contributed by atoms with Crippen molar-refractivity contribution >= 4 is 17.0 Å². The maximum Gasteiger partial charge on any atom is 0.201 e. The van der Waals surface area contributed by atoms with Gasteiger partial charge in [0.05, 0.1) is 17.6 Å². The first-order valence-electron chi connectivity index (χ1n) is 4.61. The molecule has 1 heterocycles. The van der Waals surface area contributed by atoms with E-state index in [0.717, 1.165) is 11.0 Å². The van der Waals surface area contributed by atoms with E-state index in [4.69, 9.17) is 5.11 Å². The lowest BCUT2D eigenvalue weighted by Crippen LogP contribution is -2.06. The molecule has 0 saturated heterocycles. The molecule has 1 aromatic carbocycles. The molecule has 3 N–H and O–H groups in total. The normalized spacial score (nSPS) is 10.7. The van der Waals surface area contributed by atoms with Gasteiger partial charge in [-0.05, 0) is 24.6 Å². The number of benzene rings is 1. The minimum Gasteiger partial charge on any atom is -0.395 e. The third-order valence-corrected chi connectivity index (χ3v) is 2.04. The Labute approximate surface area is 82.0 Å². The van der Waals surface area contributed by atoms with Crippen molar-refractivity contribution in [2.75, 3.05) is 18.5 Å². The summed E-state index contributed by atoms with van der Waals surface area (Å²) in [6, 6.07) is 6.06. The van der Waals surface area contributed by atoms with Crippen molar-refractivity contribution in [1.29, 1.82) is 0 Å². The van der Waals surface area contributed by atoms with Crippen molar-refractivity contribution in [1.82, 2.24) is 9.97 Å². The number of imidazole rings is 1. The number of hydrogen-bond acceptors (Lipinski definition) is 3. The SMILES string of the molecule is Cc1ccc2[nH]c(NCCO)nc2c1. The summed E-state index contributed by atoms with van der Waals surface area (Å²) in [5.41, 5.74) is 3.15. The molecule has 4 nitrogen and oxygen atoms in total. The number of anilines is 1. The summed E-state index contributed by atoms with van der Waals surface area (Å²) in [6.45, 7) is 2.66. The fraction of sp³-hybridized carbons (Fsp3) is 0.300. The Morgan fingerprint density at radius 2 is 2.36 bits per heavy atom. The molecule has 0 saturated carbocycles. The van der Waals surface area contributed by atoms with E-state index >= 15 is 0 Å². The smallest absolute Gasteiger partial charge is 0.201 e. The first-order chi connectivity index (χ1) is 6.79. The van der Waals surface area contributed by atoms with Crippen molar-refractivity contribution < 1.29 is 5.11 Å². The number of nitrogens with zero attached hydrogens (tertiary/aromatic N) is 1. The topological polar surface area (TPSA) is 60.9 Å². The molecule has 0 aliphatic rings. The van der Waals surface area contributed by atoms with Crippen LogP contribution in [0.2, 0.25) is 0 Å². The highest BCUT2D eigenvalue weighted by Crippen LogP contribution is 2.15. The van der Waals surface area contributed by atoms with E-state index in [9.17, 15) is 0 Å². The zero-order valence-corrected chi connectivity index (χ0v) is 8.04. The van der Waals surface area contributed by atoms with Gasteiger partial charge in [0.2, 0.25) is 5.95 Å². The molecular weight excluding hydrogens is 178 g/mol. The van der Waals surface area contributed by atoms with Crippen LogP contribution in [0.15, 0.2) is 18.2 Å². The fourth-order valence-electron chi connectivity index (χ4n) is 1.37. The van der Waals surface area contributed by atoms with Crippen LogP contribution in [0.3, 0.4) is 0 Å². The van der Waals surface area contributed by atoms with Crippen molar-refractivity contribution in [3.63, 3.8) is 0 Å². The van der Waals surface area contributed by atoms with Crippen LogP contribution in [0.4, 0.5) is 5.95 Å². The second-order valence-corrected chi connectivity index (χ2v) is 3.26. The van der Waals surface area contributed by atoms with Gasteiger partial charge in [0.1, 0.15) is 0 Å². The van der Waals surface area contributed by atoms with Crippen LogP contribution in [-0.4, -0.2) is 28.2 Å². The number of aromatic amines is 1. The van der Waals surface area contributed by atoms with Crippen LogP contribution in [0, 0.1) is 6.92 Å². The zero-order chi connectivity index (χ0) is 9.97. The number of aliphatic hydroxyl groups excluding tert-OH is 1. The lowest BCUT2D eigenvalue weighted by Gasteiger charge is -1.96. The molecule has 0 aliphatic carbocycles. The molecule has 14 heavy (non-hydrogen) atoms. The van der Waals surface area contributed by atoms with Crippen LogP contribution in [0.5, 0.6) is 0 Å². The molecule has 0 radical (unpaired) electrons. The molecule has 0 fully saturated rings. The van der Waals surface area contributed by atoms with Gasteiger partial charge in [-0.2, -0.15) is 0 Å². The minimum absolute atomic E-state index is 0.107. The van der Waals surface area contributed by atoms with Crippen LogP contribution in [0.1, 0.15) is 5.56 Å². The summed E-state index contributed by atoms with van der Waals surface area (Å²) in [6.07, 6.45) is 0. The van der Waals surface area contributed by atoms with Gasteiger partial charge >= 0.3 is 0 Å². The van der Waals surface area contributed by atoms with Gasteiger partial charge in [-0.1, -0.05) is 6.07 Å². The van der Waals surface area contributed by atoms with Gasteiger partial charge in [0.25, 0.3) is 0 Å². The van der Waals surface area contributed by atoms with Crippen LogP contribution in [-0.2, 0) is 0 Å². The standard InChI is InChI=1S/C10H13N3O/c1-7-2-3-8-9(6-7)13-10(12-8)11-4-5-14/h2-3,6,14H,4-5H2,1H3,(H2,11,12,13). The second kappa shape index (κ2) is 3.67. The number of aryl methyl sites for hydroxylation is 1. The second-order valence-electron chi connectivity index (χ2n) is 3.26. The van der Waals surface area contributed by atoms with Gasteiger partial charge in [-0.25, -0.2) is 4.98 Å². The van der Waals surface area contributed by atoms with Gasteiger partial charge in [-0.15, -0.1) is 0 Å². The Hall–Kier alpha value is -1.55. The summed E-state index contributed by atoms with van der Waals surface area (Å²) in [7, 11) is 0. The maximum absolute atomic E-state index is 8.64. The fourth-order valence-corrected chi connectivity index (χ4v) is 1.37. The lowest BCUT2D eigenvalue weighted by molar-refractivity contribution is 0.311. The van der Waals surface area contributed by atoms with E-state index in [0.29, 0.717) is 12.5 Å². The third kappa shape index (κ3) is 1.70. The first kappa shape index (κ1) is 9.02. The van der Waals surface area contributed by atoms with E-state index in [1.54, 1.807) is 0 Å². The minimum atomic E-state index is 0.107. The molecule has 0 spiro atoms. The molecular formula is C10H13N3O. The average molecular weight is 191 g/mol. The predicted molar refractivity (Wildman–Crippen MR) is 56.4 cm³/mol. The zero-order valence-electron chi connectivity index (χ0n) is 8.04. The highest BCUT2D eigenvalue weighted by Gasteiger charge is 2.00. The monoisotopic (exact) mass is 191 g/mol. The summed E-state index contributed by atoms with van der Waals surface area (Å²) in [5, 5.41) is 11.6. The predicted octanol–water partition coefficient (Wildman–Crippen LogP) is 1.28. The molecule has 4 heteroatoms. The van der Waals surface area contributed by atoms with Crippen molar-refractivity contribution in [3.05, 3.63) is 23.8 Å². The van der Waals surface area contributed by atoms with E-state index in [1.807, 2.05) is 25.1 Å². The highest BCUT2D eigenvalue weighted by molar-refractivity contribution is 5.78. The summed E-state index contributed by atoms with van der Waals surface area (Å²) in [5.74, 6) is 0.708. The largest absolute Gasteiger partial charge is 0.395 e. The van der Waals surface area contributed by atoms with Gasteiger partial charge in [-0.3, -0.25) is 0 Å². The van der Waals surface area contributed by atoms with Gasteiger partial charge < -0.3 is 15.4 Å². The van der Waals surface area contributed by atoms with Gasteiger partial charge in [0, 0.05) is 6.54 Å². The molecule has 74 valence electrons. The Morgan fingerprint density at radius 1 is 1.50 bits per heavy atom. The molecule has 0 unspecified atom stereocenters. The molecule has 1 aromatic heterocycles. The molecule has 0 amide bonds. The van der Waals surface area contributed by atoms with E-state index in [1.165, 1.54) is 5.56 Å². The summed E-state index contributed by atoms with van der Waals surface area (Å²) >= 11 is 0. The Bertz CT molecular complexity index is 436. The summed E-state index contributed by atoms with van der Waals surface area (Å²) in [4.78, 5) is 7.46. The molecule has 0 aliphatic heterocycles. The van der Waals surface area contributed by atoms with Crippen molar-refractivity contribution in [2.45, 2.75) is 6.92 Å². The number of nitrogens with one attached hydrogen (secondary N) is 2. The molecule has 0 atom stereocenters. The molecule has 2 aromatic rings. The van der Waals surface area contributed by atoms with Gasteiger partial charge in [0.15, 0.2) is 0 Å². The quantitative estimate of drug-likeness (QED) is 0.684. The number of aliphatic hydroxyl groups is 1. The van der Waals surface area contributed by atoms with Crippen molar-refractivity contribution in [2.24, 2.45) is 0 Å². The lowest BCUT2D eigenvalue weighted by atomic mass is 10.2. The molecule has 0 bridgehead atoms. The van der Waals surface area contributed by atoms with E-state index in [2.05, 4.69) is 15.3 Å². The highest BCUT2D eigenvalue weighted by atomic mass is 16.3. The van der Waals surface area contributed by atoms with Crippen LogP contribution >= 0.6 is 0 Å². The molecule has 2 rings (SSSR count). The first-order valence-corrected chi connectivity index (χ1v) is 4.61. The Kier molecular flexibility index (Phi) is 2.37.